The van der Waals surface area contributed by atoms with E-state index in [9.17, 15) is 5.11 Å². The van der Waals surface area contributed by atoms with E-state index in [1.807, 2.05) is 13.8 Å². The molecule has 0 spiro atoms. The van der Waals surface area contributed by atoms with Gasteiger partial charge < -0.3 is 14.7 Å². The lowest BCUT2D eigenvalue weighted by molar-refractivity contribution is 0.0180. The second-order valence-electron chi connectivity index (χ2n) is 14.3. The molecule has 0 bridgehead atoms. The lowest BCUT2D eigenvalue weighted by atomic mass is 9.77. The van der Waals surface area contributed by atoms with Crippen molar-refractivity contribution in [3.8, 4) is 0 Å². The van der Waals surface area contributed by atoms with Crippen LogP contribution < -0.4 is 0 Å². The standard InChI is InChI=1S/C32H43N2O3P.C6H14.C2H6/c1-4-7-27-20-28(14-15-29(27)25-8-5-6-9-25)31-37-33-30(38-31)26-12-10-24(11-13-26)21-34-18-16-32(17-19-34,22-36-3)23(2)35;1-5-6(2,3)4;1-2/h10-15,20,25,31,35,38H,2,4-9,16-19,21-22H2,1,3H3;5H2,1-4H3;1-2H3. The summed E-state index contributed by atoms with van der Waals surface area (Å²) in [4.78, 5) is 8.42. The van der Waals surface area contributed by atoms with Crippen molar-refractivity contribution in [3.05, 3.63) is 82.6 Å². The number of likely N-dealkylation sites (tertiary alicyclic amines) is 1. The quantitative estimate of drug-likeness (QED) is 0.205. The van der Waals surface area contributed by atoms with Crippen LogP contribution in [0.3, 0.4) is 0 Å². The van der Waals surface area contributed by atoms with Crippen molar-refractivity contribution in [2.45, 2.75) is 125 Å². The number of oxime groups is 1. The van der Waals surface area contributed by atoms with Gasteiger partial charge in [-0.3, -0.25) is 4.90 Å². The molecule has 256 valence electrons. The molecule has 1 N–H and O–H groups in total. The number of aliphatic hydroxyl groups is 1. The van der Waals surface area contributed by atoms with Crippen LogP contribution >= 0.6 is 8.58 Å². The van der Waals surface area contributed by atoms with Gasteiger partial charge in [0, 0.05) is 19.2 Å². The van der Waals surface area contributed by atoms with Crippen LogP contribution in [0.5, 0.6) is 0 Å². The first-order valence-corrected chi connectivity index (χ1v) is 19.0. The first-order chi connectivity index (χ1) is 22.1. The lowest BCUT2D eigenvalue weighted by Crippen LogP contribution is -2.43. The number of ether oxygens (including phenoxy) is 1. The molecule has 2 aromatic carbocycles. The average Bonchev–Trinajstić information content (AvgIpc) is 3.77. The van der Waals surface area contributed by atoms with Crippen molar-refractivity contribution in [2.24, 2.45) is 16.0 Å². The highest BCUT2D eigenvalue weighted by atomic mass is 31.1. The van der Waals surface area contributed by atoms with Gasteiger partial charge in [-0.15, -0.1) is 0 Å². The Morgan fingerprint density at radius 1 is 1.07 bits per heavy atom. The minimum Gasteiger partial charge on any atom is -0.512 e. The van der Waals surface area contributed by atoms with Gasteiger partial charge in [-0.1, -0.05) is 128 Å². The molecule has 0 amide bonds. The van der Waals surface area contributed by atoms with E-state index in [0.29, 0.717) is 20.6 Å². The largest absolute Gasteiger partial charge is 0.512 e. The lowest BCUT2D eigenvalue weighted by Gasteiger charge is -2.40. The van der Waals surface area contributed by atoms with Crippen molar-refractivity contribution in [1.29, 1.82) is 0 Å². The average molecular weight is 651 g/mol. The maximum Gasteiger partial charge on any atom is 0.173 e. The minimum absolute atomic E-state index is 0.0277. The predicted octanol–water partition coefficient (Wildman–Crippen LogP) is 11.1. The topological polar surface area (TPSA) is 54.3 Å². The first-order valence-electron chi connectivity index (χ1n) is 17.9. The number of aryl methyl sites for hydroxylation is 1. The Morgan fingerprint density at radius 3 is 2.24 bits per heavy atom. The zero-order valence-electron chi connectivity index (χ0n) is 30.3. The summed E-state index contributed by atoms with van der Waals surface area (Å²) >= 11 is 0. The zero-order chi connectivity index (χ0) is 33.7. The number of hydrogen-bond donors (Lipinski definition) is 1. The number of benzene rings is 2. The summed E-state index contributed by atoms with van der Waals surface area (Å²) in [7, 11) is 2.21. The Hall–Kier alpha value is -2.20. The normalized spacial score (nSPS) is 20.3. The van der Waals surface area contributed by atoms with E-state index in [-0.39, 0.29) is 17.0 Å². The molecule has 1 saturated heterocycles. The maximum absolute atomic E-state index is 10.1. The van der Waals surface area contributed by atoms with E-state index in [2.05, 4.69) is 93.7 Å². The number of aliphatic hydroxyl groups excluding tert-OH is 1. The second kappa shape index (κ2) is 18.4. The third kappa shape index (κ3) is 10.7. The molecule has 3 aliphatic rings. The van der Waals surface area contributed by atoms with Gasteiger partial charge in [0.25, 0.3) is 0 Å². The fourth-order valence-electron chi connectivity index (χ4n) is 6.43. The molecule has 2 aliphatic heterocycles. The molecule has 2 atom stereocenters. The van der Waals surface area contributed by atoms with E-state index >= 15 is 0 Å². The van der Waals surface area contributed by atoms with Crippen molar-refractivity contribution in [2.75, 3.05) is 26.8 Å². The van der Waals surface area contributed by atoms with E-state index in [1.165, 1.54) is 55.2 Å². The summed E-state index contributed by atoms with van der Waals surface area (Å²) < 4.78 is 5.38. The van der Waals surface area contributed by atoms with Gasteiger partial charge in [-0.25, -0.2) is 0 Å². The van der Waals surface area contributed by atoms with Gasteiger partial charge in [0.05, 0.1) is 17.8 Å². The van der Waals surface area contributed by atoms with Crippen LogP contribution in [0.25, 0.3) is 0 Å². The number of nitrogens with zero attached hydrogens (tertiary/aromatic N) is 2. The molecule has 2 heterocycles. The first kappa shape index (κ1) is 38.2. The molecular formula is C40H63N2O3P. The van der Waals surface area contributed by atoms with Crippen molar-refractivity contribution in [1.82, 2.24) is 4.90 Å². The zero-order valence-corrected chi connectivity index (χ0v) is 31.3. The molecular weight excluding hydrogens is 587 g/mol. The van der Waals surface area contributed by atoms with E-state index in [4.69, 9.17) is 9.57 Å². The van der Waals surface area contributed by atoms with Gasteiger partial charge in [0.2, 0.25) is 0 Å². The number of piperidine rings is 1. The Bertz CT molecular complexity index is 1240. The van der Waals surface area contributed by atoms with Crippen LogP contribution in [0.15, 0.2) is 60.0 Å². The highest BCUT2D eigenvalue weighted by Crippen LogP contribution is 2.46. The SMILES string of the molecule is C=C(O)C1(COC)CCN(Cc2ccc(C3=NOC(c4ccc(C5CCCC5)c(CCC)c4)P3)cc2)CC1.CC.CCC(C)(C)C. The minimum atomic E-state index is -0.304. The van der Waals surface area contributed by atoms with Crippen molar-refractivity contribution in [3.63, 3.8) is 0 Å². The molecule has 5 rings (SSSR count). The van der Waals surface area contributed by atoms with Gasteiger partial charge in [-0.2, -0.15) is 0 Å². The molecule has 1 aliphatic carbocycles. The Balaban J connectivity index is 0.000000648. The molecule has 1 saturated carbocycles. The van der Waals surface area contributed by atoms with Gasteiger partial charge in [-0.05, 0) is 87.4 Å². The third-order valence-corrected chi connectivity index (χ3v) is 11.2. The van der Waals surface area contributed by atoms with Crippen LogP contribution in [0.1, 0.15) is 139 Å². The van der Waals surface area contributed by atoms with Crippen molar-refractivity contribution < 1.29 is 14.7 Å². The van der Waals surface area contributed by atoms with Crippen LogP contribution in [0.4, 0.5) is 0 Å². The van der Waals surface area contributed by atoms with E-state index in [1.54, 1.807) is 12.7 Å². The molecule has 5 nitrogen and oxygen atoms in total. The summed E-state index contributed by atoms with van der Waals surface area (Å²) in [5, 5.41) is 14.7. The van der Waals surface area contributed by atoms with Crippen LogP contribution in [0, 0.1) is 10.8 Å². The van der Waals surface area contributed by atoms with Gasteiger partial charge in [0.1, 0.15) is 5.45 Å². The fraction of sp³-hybridized carbons (Fsp3) is 0.625. The maximum atomic E-state index is 10.1. The molecule has 46 heavy (non-hydrogen) atoms. The Labute approximate surface area is 283 Å². The molecule has 2 fully saturated rings. The molecule has 6 heteroatoms. The smallest absolute Gasteiger partial charge is 0.173 e. The van der Waals surface area contributed by atoms with Crippen LogP contribution in [-0.2, 0) is 22.5 Å². The van der Waals surface area contributed by atoms with Crippen LogP contribution in [-0.4, -0.2) is 42.3 Å². The molecule has 2 aromatic rings. The Morgan fingerprint density at radius 2 is 1.70 bits per heavy atom. The Kier molecular flexibility index (Phi) is 15.3. The van der Waals surface area contributed by atoms with E-state index < -0.39 is 0 Å². The summed E-state index contributed by atoms with van der Waals surface area (Å²) in [6.07, 6.45) is 10.7. The number of methoxy groups -OCH3 is 1. The number of rotatable bonds is 10. The molecule has 0 aromatic heterocycles. The van der Waals surface area contributed by atoms with Gasteiger partial charge in [0.15, 0.2) is 5.85 Å². The monoisotopic (exact) mass is 650 g/mol. The molecule has 2 unspecified atom stereocenters. The second-order valence-corrected chi connectivity index (χ2v) is 15.6. The summed E-state index contributed by atoms with van der Waals surface area (Å²) in [6.45, 7) is 22.3. The van der Waals surface area contributed by atoms with Crippen LogP contribution in [0.2, 0.25) is 0 Å². The summed E-state index contributed by atoms with van der Waals surface area (Å²) in [5.74, 6) is 1.03. The predicted molar refractivity (Wildman–Crippen MR) is 198 cm³/mol. The summed E-state index contributed by atoms with van der Waals surface area (Å²) in [6, 6.07) is 15.9. The summed E-state index contributed by atoms with van der Waals surface area (Å²) in [5.41, 5.74) is 8.10. The van der Waals surface area contributed by atoms with Gasteiger partial charge >= 0.3 is 0 Å². The third-order valence-electron chi connectivity index (χ3n) is 9.84. The molecule has 0 radical (unpaired) electrons. The van der Waals surface area contributed by atoms with E-state index in [0.717, 1.165) is 55.8 Å². The van der Waals surface area contributed by atoms with Crippen molar-refractivity contribution >= 4 is 14.0 Å². The highest BCUT2D eigenvalue weighted by Gasteiger charge is 2.37. The fourth-order valence-corrected chi connectivity index (χ4v) is 7.57. The number of hydrogen-bond acceptors (Lipinski definition) is 5. The highest BCUT2D eigenvalue weighted by molar-refractivity contribution is 7.59.